The van der Waals surface area contributed by atoms with Crippen molar-refractivity contribution in [2.45, 2.75) is 20.3 Å². The number of hydrogen-bond donors (Lipinski definition) is 2. The molecule has 2 N–H and O–H groups in total. The van der Waals surface area contributed by atoms with E-state index in [-0.39, 0.29) is 12.5 Å². The van der Waals surface area contributed by atoms with Crippen LogP contribution in [0.3, 0.4) is 0 Å². The molecule has 0 atom stereocenters. The van der Waals surface area contributed by atoms with Crippen LogP contribution in [0.4, 0.5) is 11.4 Å². The number of para-hydroxylation sites is 1. The van der Waals surface area contributed by atoms with Crippen molar-refractivity contribution in [3.8, 4) is 5.75 Å². The molecule has 0 aromatic heterocycles. The zero-order valence-electron chi connectivity index (χ0n) is 13.3. The number of nitrogens with one attached hydrogen (secondary N) is 2. The third kappa shape index (κ3) is 4.01. The van der Waals surface area contributed by atoms with E-state index in [1.165, 1.54) is 0 Å². The van der Waals surface area contributed by atoms with Crippen LogP contribution in [0.15, 0.2) is 42.5 Å². The Hall–Kier alpha value is -2.49. The summed E-state index contributed by atoms with van der Waals surface area (Å²) in [4.78, 5) is 12.1. The Bertz CT molecular complexity index is 653. The maximum absolute atomic E-state index is 12.1. The molecule has 0 fully saturated rings. The van der Waals surface area contributed by atoms with Crippen molar-refractivity contribution in [1.82, 2.24) is 0 Å². The number of anilines is 2. The van der Waals surface area contributed by atoms with Crippen LogP contribution in [0.25, 0.3) is 0 Å². The first-order chi connectivity index (χ1) is 10.6. The molecule has 4 nitrogen and oxygen atoms in total. The van der Waals surface area contributed by atoms with Crippen molar-refractivity contribution >= 4 is 17.3 Å². The average molecular weight is 298 g/mol. The second-order valence-corrected chi connectivity index (χ2v) is 5.12. The first kappa shape index (κ1) is 15.9. The van der Waals surface area contributed by atoms with E-state index in [1.54, 1.807) is 7.11 Å². The van der Waals surface area contributed by atoms with E-state index in [0.717, 1.165) is 34.7 Å². The highest BCUT2D eigenvalue weighted by atomic mass is 16.5. The molecule has 1 amide bonds. The van der Waals surface area contributed by atoms with Gasteiger partial charge >= 0.3 is 0 Å². The predicted molar refractivity (Wildman–Crippen MR) is 90.7 cm³/mol. The zero-order valence-corrected chi connectivity index (χ0v) is 13.3. The Kier molecular flexibility index (Phi) is 5.42. The molecule has 0 saturated heterocycles. The Morgan fingerprint density at radius 1 is 1.14 bits per heavy atom. The minimum atomic E-state index is -0.0792. The molecule has 0 bridgehead atoms. The summed E-state index contributed by atoms with van der Waals surface area (Å²) in [6.07, 6.45) is 0.885. The van der Waals surface area contributed by atoms with Gasteiger partial charge in [0.15, 0.2) is 0 Å². The van der Waals surface area contributed by atoms with Gasteiger partial charge in [0.25, 0.3) is 0 Å². The Morgan fingerprint density at radius 2 is 1.91 bits per heavy atom. The molecule has 0 aliphatic rings. The SMILES string of the molecule is CCc1ccccc1NC(=O)CNc1cc(C)ccc1OC. The van der Waals surface area contributed by atoms with Crippen LogP contribution in [-0.4, -0.2) is 19.6 Å². The summed E-state index contributed by atoms with van der Waals surface area (Å²) in [6, 6.07) is 13.7. The fourth-order valence-electron chi connectivity index (χ4n) is 2.28. The van der Waals surface area contributed by atoms with Crippen LogP contribution in [0.1, 0.15) is 18.1 Å². The van der Waals surface area contributed by atoms with Gasteiger partial charge in [-0.2, -0.15) is 0 Å². The summed E-state index contributed by atoms with van der Waals surface area (Å²) >= 11 is 0. The van der Waals surface area contributed by atoms with E-state index in [0.29, 0.717) is 0 Å². The third-order valence-electron chi connectivity index (χ3n) is 3.47. The van der Waals surface area contributed by atoms with Crippen molar-refractivity contribution in [3.63, 3.8) is 0 Å². The maximum atomic E-state index is 12.1. The summed E-state index contributed by atoms with van der Waals surface area (Å²) in [5, 5.41) is 6.07. The van der Waals surface area contributed by atoms with E-state index in [1.807, 2.05) is 49.4 Å². The minimum Gasteiger partial charge on any atom is -0.495 e. The standard InChI is InChI=1S/C18H22N2O2/c1-4-14-7-5-6-8-15(14)20-18(21)12-19-16-11-13(2)9-10-17(16)22-3/h5-11,19H,4,12H2,1-3H3,(H,20,21). The number of methoxy groups -OCH3 is 1. The smallest absolute Gasteiger partial charge is 0.243 e. The largest absolute Gasteiger partial charge is 0.495 e. The van der Waals surface area contributed by atoms with Gasteiger partial charge in [-0.3, -0.25) is 4.79 Å². The number of aryl methyl sites for hydroxylation is 2. The van der Waals surface area contributed by atoms with E-state index in [4.69, 9.17) is 4.74 Å². The number of benzene rings is 2. The fourth-order valence-corrected chi connectivity index (χ4v) is 2.28. The van der Waals surface area contributed by atoms with Crippen molar-refractivity contribution in [3.05, 3.63) is 53.6 Å². The van der Waals surface area contributed by atoms with E-state index in [9.17, 15) is 4.79 Å². The van der Waals surface area contributed by atoms with Gasteiger partial charge in [0.1, 0.15) is 5.75 Å². The normalized spacial score (nSPS) is 10.1. The molecule has 0 saturated carbocycles. The van der Waals surface area contributed by atoms with Crippen LogP contribution in [0, 0.1) is 6.92 Å². The highest BCUT2D eigenvalue weighted by molar-refractivity contribution is 5.94. The Morgan fingerprint density at radius 3 is 2.64 bits per heavy atom. The first-order valence-electron chi connectivity index (χ1n) is 7.40. The van der Waals surface area contributed by atoms with Crippen LogP contribution < -0.4 is 15.4 Å². The summed E-state index contributed by atoms with van der Waals surface area (Å²) in [7, 11) is 1.62. The number of rotatable bonds is 6. The Labute approximate surface area is 131 Å². The Balaban J connectivity index is 2.00. The van der Waals surface area contributed by atoms with Crippen LogP contribution >= 0.6 is 0 Å². The number of amides is 1. The van der Waals surface area contributed by atoms with Crippen molar-refractivity contribution in [1.29, 1.82) is 0 Å². The van der Waals surface area contributed by atoms with Crippen molar-refractivity contribution < 1.29 is 9.53 Å². The summed E-state index contributed by atoms with van der Waals surface area (Å²) in [6.45, 7) is 4.26. The van der Waals surface area contributed by atoms with Gasteiger partial charge < -0.3 is 15.4 Å². The molecule has 2 rings (SSSR count). The van der Waals surface area contributed by atoms with Gasteiger partial charge in [0.2, 0.25) is 5.91 Å². The second kappa shape index (κ2) is 7.50. The number of carbonyl (C=O) groups excluding carboxylic acids is 1. The first-order valence-corrected chi connectivity index (χ1v) is 7.40. The van der Waals surface area contributed by atoms with Crippen LogP contribution in [0.2, 0.25) is 0 Å². The molecular formula is C18H22N2O2. The molecule has 116 valence electrons. The average Bonchev–Trinajstić information content (AvgIpc) is 2.53. The number of ether oxygens (including phenoxy) is 1. The molecule has 0 aliphatic carbocycles. The lowest BCUT2D eigenvalue weighted by Gasteiger charge is -2.13. The molecule has 0 spiro atoms. The fraction of sp³-hybridized carbons (Fsp3) is 0.278. The lowest BCUT2D eigenvalue weighted by atomic mass is 10.1. The van der Waals surface area contributed by atoms with Crippen molar-refractivity contribution in [2.24, 2.45) is 0 Å². The van der Waals surface area contributed by atoms with E-state index >= 15 is 0 Å². The summed E-state index contributed by atoms with van der Waals surface area (Å²) < 4.78 is 5.29. The summed E-state index contributed by atoms with van der Waals surface area (Å²) in [5.74, 6) is 0.650. The van der Waals surface area contributed by atoms with Gasteiger partial charge in [-0.1, -0.05) is 31.2 Å². The van der Waals surface area contributed by atoms with Gasteiger partial charge in [-0.25, -0.2) is 0 Å². The molecule has 0 radical (unpaired) electrons. The van der Waals surface area contributed by atoms with Gasteiger partial charge in [-0.05, 0) is 42.7 Å². The third-order valence-corrected chi connectivity index (χ3v) is 3.47. The molecule has 22 heavy (non-hydrogen) atoms. The molecule has 4 heteroatoms. The van der Waals surface area contributed by atoms with Gasteiger partial charge in [0, 0.05) is 5.69 Å². The van der Waals surface area contributed by atoms with Crippen LogP contribution in [-0.2, 0) is 11.2 Å². The monoisotopic (exact) mass is 298 g/mol. The lowest BCUT2D eigenvalue weighted by molar-refractivity contribution is -0.114. The molecule has 0 unspecified atom stereocenters. The maximum Gasteiger partial charge on any atom is 0.243 e. The highest BCUT2D eigenvalue weighted by Crippen LogP contribution is 2.25. The molecule has 2 aromatic rings. The quantitative estimate of drug-likeness (QED) is 0.856. The molecule has 0 aliphatic heterocycles. The van der Waals surface area contributed by atoms with Crippen LogP contribution in [0.5, 0.6) is 5.75 Å². The summed E-state index contributed by atoms with van der Waals surface area (Å²) in [5.41, 5.74) is 3.93. The topological polar surface area (TPSA) is 50.4 Å². The molecule has 0 heterocycles. The van der Waals surface area contributed by atoms with E-state index in [2.05, 4.69) is 17.6 Å². The van der Waals surface area contributed by atoms with Gasteiger partial charge in [-0.15, -0.1) is 0 Å². The van der Waals surface area contributed by atoms with Gasteiger partial charge in [0.05, 0.1) is 19.3 Å². The second-order valence-electron chi connectivity index (χ2n) is 5.12. The zero-order chi connectivity index (χ0) is 15.9. The minimum absolute atomic E-state index is 0.0792. The molecule has 2 aromatic carbocycles. The number of carbonyl (C=O) groups is 1. The highest BCUT2D eigenvalue weighted by Gasteiger charge is 2.08. The number of hydrogen-bond acceptors (Lipinski definition) is 3. The van der Waals surface area contributed by atoms with E-state index < -0.39 is 0 Å². The van der Waals surface area contributed by atoms with Crippen molar-refractivity contribution in [2.75, 3.05) is 24.3 Å². The predicted octanol–water partition coefficient (Wildman–Crippen LogP) is 3.62. The lowest BCUT2D eigenvalue weighted by Crippen LogP contribution is -2.22. The molecular weight excluding hydrogens is 276 g/mol.